The molecule has 1 saturated carbocycles. The van der Waals surface area contributed by atoms with Crippen LogP contribution in [0.5, 0.6) is 0 Å². The van der Waals surface area contributed by atoms with Crippen molar-refractivity contribution in [3.8, 4) is 0 Å². The normalized spacial score (nSPS) is 16.4. The second-order valence-electron chi connectivity index (χ2n) is 5.25. The summed E-state index contributed by atoms with van der Waals surface area (Å²) < 4.78 is 0. The highest BCUT2D eigenvalue weighted by molar-refractivity contribution is 5.78. The fourth-order valence-corrected chi connectivity index (χ4v) is 2.28. The predicted octanol–water partition coefficient (Wildman–Crippen LogP) is 1.18. The van der Waals surface area contributed by atoms with Crippen molar-refractivity contribution >= 4 is 5.91 Å². The molecule has 1 aliphatic carbocycles. The highest BCUT2D eigenvalue weighted by Gasteiger charge is 2.33. The molecule has 0 saturated heterocycles. The number of aliphatic hydroxyl groups is 1. The van der Waals surface area contributed by atoms with E-state index in [2.05, 4.69) is 17.4 Å². The van der Waals surface area contributed by atoms with Crippen LogP contribution in [0.15, 0.2) is 30.3 Å². The van der Waals surface area contributed by atoms with Gasteiger partial charge in [-0.2, -0.15) is 0 Å². The van der Waals surface area contributed by atoms with Gasteiger partial charge in [0.2, 0.25) is 5.91 Å². The van der Waals surface area contributed by atoms with Gasteiger partial charge in [-0.3, -0.25) is 9.69 Å². The number of likely N-dealkylation sites (N-methyl/N-ethyl adjacent to an activating group) is 1. The summed E-state index contributed by atoms with van der Waals surface area (Å²) in [6.45, 7) is 0.929. The average Bonchev–Trinajstić information content (AvgIpc) is 3.21. The van der Waals surface area contributed by atoms with E-state index < -0.39 is 0 Å². The number of nitrogens with zero attached hydrogens (tertiary/aromatic N) is 1. The van der Waals surface area contributed by atoms with E-state index in [0.29, 0.717) is 19.0 Å². The minimum Gasteiger partial charge on any atom is -0.395 e. The van der Waals surface area contributed by atoms with Gasteiger partial charge in [-0.15, -0.1) is 0 Å². The molecule has 1 amide bonds. The second kappa shape index (κ2) is 6.68. The van der Waals surface area contributed by atoms with Crippen LogP contribution >= 0.6 is 0 Å². The Morgan fingerprint density at radius 2 is 2.11 bits per heavy atom. The third-order valence-corrected chi connectivity index (χ3v) is 3.46. The molecule has 1 aromatic rings. The maximum absolute atomic E-state index is 12.0. The van der Waals surface area contributed by atoms with Gasteiger partial charge in [0.25, 0.3) is 0 Å². The van der Waals surface area contributed by atoms with E-state index >= 15 is 0 Å². The molecule has 1 fully saturated rings. The SMILES string of the molecule is CN(CCO)CC(=O)NC(c1ccccc1)C1CC1. The number of amides is 1. The van der Waals surface area contributed by atoms with E-state index in [0.717, 1.165) is 0 Å². The van der Waals surface area contributed by atoms with Gasteiger partial charge >= 0.3 is 0 Å². The number of rotatable bonds is 7. The van der Waals surface area contributed by atoms with E-state index in [1.807, 2.05) is 30.1 Å². The van der Waals surface area contributed by atoms with Crippen LogP contribution in [-0.4, -0.2) is 42.7 Å². The standard InChI is InChI=1S/C15H22N2O2/c1-17(9-10-18)11-14(19)16-15(13-7-8-13)12-5-3-2-4-6-12/h2-6,13,15,18H,7-11H2,1H3,(H,16,19). The Balaban J connectivity index is 1.92. The zero-order chi connectivity index (χ0) is 13.7. The molecule has 1 aliphatic rings. The minimum atomic E-state index is 0.0247. The first-order valence-corrected chi connectivity index (χ1v) is 6.84. The first kappa shape index (κ1) is 14.0. The van der Waals surface area contributed by atoms with E-state index in [-0.39, 0.29) is 18.6 Å². The molecular weight excluding hydrogens is 240 g/mol. The molecule has 104 valence electrons. The molecule has 4 nitrogen and oxygen atoms in total. The molecule has 0 radical (unpaired) electrons. The van der Waals surface area contributed by atoms with Crippen molar-refractivity contribution in [3.05, 3.63) is 35.9 Å². The third-order valence-electron chi connectivity index (χ3n) is 3.46. The lowest BCUT2D eigenvalue weighted by molar-refractivity contribution is -0.122. The molecule has 4 heteroatoms. The number of hydrogen-bond donors (Lipinski definition) is 2. The van der Waals surface area contributed by atoms with Gasteiger partial charge in [0, 0.05) is 6.54 Å². The molecule has 1 atom stereocenters. The fourth-order valence-electron chi connectivity index (χ4n) is 2.28. The molecule has 0 aliphatic heterocycles. The van der Waals surface area contributed by atoms with Crippen molar-refractivity contribution < 1.29 is 9.90 Å². The monoisotopic (exact) mass is 262 g/mol. The molecule has 0 spiro atoms. The Kier molecular flexibility index (Phi) is 4.93. The second-order valence-corrected chi connectivity index (χ2v) is 5.25. The number of nitrogens with one attached hydrogen (secondary N) is 1. The van der Waals surface area contributed by atoms with Crippen LogP contribution < -0.4 is 5.32 Å². The van der Waals surface area contributed by atoms with Crippen molar-refractivity contribution in [1.29, 1.82) is 0 Å². The van der Waals surface area contributed by atoms with Crippen molar-refractivity contribution in [1.82, 2.24) is 10.2 Å². The third kappa shape index (κ3) is 4.33. The van der Waals surface area contributed by atoms with Gasteiger partial charge in [0.05, 0.1) is 19.2 Å². The van der Waals surface area contributed by atoms with Crippen LogP contribution in [0.1, 0.15) is 24.4 Å². The van der Waals surface area contributed by atoms with Crippen molar-refractivity contribution in [2.45, 2.75) is 18.9 Å². The van der Waals surface area contributed by atoms with Gasteiger partial charge in [-0.05, 0) is 31.4 Å². The number of carbonyl (C=O) groups is 1. The van der Waals surface area contributed by atoms with Crippen LogP contribution in [0.2, 0.25) is 0 Å². The number of carbonyl (C=O) groups excluding carboxylic acids is 1. The Bertz CT molecular complexity index is 404. The molecule has 0 aromatic heterocycles. The molecule has 1 aromatic carbocycles. The smallest absolute Gasteiger partial charge is 0.234 e. The van der Waals surface area contributed by atoms with Gasteiger partial charge in [-0.1, -0.05) is 30.3 Å². The minimum absolute atomic E-state index is 0.0247. The van der Waals surface area contributed by atoms with Crippen LogP contribution in [0.4, 0.5) is 0 Å². The van der Waals surface area contributed by atoms with Crippen LogP contribution in [0.3, 0.4) is 0 Å². The van der Waals surface area contributed by atoms with E-state index in [1.54, 1.807) is 0 Å². The maximum Gasteiger partial charge on any atom is 0.234 e. The fraction of sp³-hybridized carbons (Fsp3) is 0.533. The Hall–Kier alpha value is -1.39. The summed E-state index contributed by atoms with van der Waals surface area (Å²) in [7, 11) is 1.84. The average molecular weight is 262 g/mol. The largest absolute Gasteiger partial charge is 0.395 e. The summed E-state index contributed by atoms with van der Waals surface area (Å²) in [4.78, 5) is 13.8. The maximum atomic E-state index is 12.0. The quantitative estimate of drug-likeness (QED) is 0.776. The number of aliphatic hydroxyl groups excluding tert-OH is 1. The lowest BCUT2D eigenvalue weighted by Crippen LogP contribution is -2.38. The molecule has 19 heavy (non-hydrogen) atoms. The highest BCUT2D eigenvalue weighted by Crippen LogP contribution is 2.40. The predicted molar refractivity (Wildman–Crippen MR) is 74.6 cm³/mol. The van der Waals surface area contributed by atoms with E-state index in [9.17, 15) is 4.79 Å². The van der Waals surface area contributed by atoms with E-state index in [4.69, 9.17) is 5.11 Å². The van der Waals surface area contributed by atoms with Crippen molar-refractivity contribution in [2.24, 2.45) is 5.92 Å². The Morgan fingerprint density at radius 3 is 2.68 bits per heavy atom. The summed E-state index contributed by atoms with van der Waals surface area (Å²) in [6.07, 6.45) is 2.37. The Labute approximate surface area is 114 Å². The topological polar surface area (TPSA) is 52.6 Å². The summed E-state index contributed by atoms with van der Waals surface area (Å²) in [6, 6.07) is 10.3. The summed E-state index contributed by atoms with van der Waals surface area (Å²) >= 11 is 0. The lowest BCUT2D eigenvalue weighted by atomic mass is 10.0. The van der Waals surface area contributed by atoms with Crippen molar-refractivity contribution in [2.75, 3.05) is 26.7 Å². The molecule has 2 N–H and O–H groups in total. The Morgan fingerprint density at radius 1 is 1.42 bits per heavy atom. The van der Waals surface area contributed by atoms with Crippen LogP contribution in [-0.2, 0) is 4.79 Å². The van der Waals surface area contributed by atoms with Gasteiger partial charge in [0.15, 0.2) is 0 Å². The summed E-state index contributed by atoms with van der Waals surface area (Å²) in [5.74, 6) is 0.603. The highest BCUT2D eigenvalue weighted by atomic mass is 16.3. The molecule has 1 unspecified atom stereocenters. The number of hydrogen-bond acceptors (Lipinski definition) is 3. The number of benzene rings is 1. The van der Waals surface area contributed by atoms with Gasteiger partial charge < -0.3 is 10.4 Å². The van der Waals surface area contributed by atoms with Crippen molar-refractivity contribution in [3.63, 3.8) is 0 Å². The first-order chi connectivity index (χ1) is 9.20. The lowest BCUT2D eigenvalue weighted by Gasteiger charge is -2.21. The van der Waals surface area contributed by atoms with Crippen LogP contribution in [0.25, 0.3) is 0 Å². The van der Waals surface area contributed by atoms with Gasteiger partial charge in [-0.25, -0.2) is 0 Å². The molecular formula is C15H22N2O2. The zero-order valence-corrected chi connectivity index (χ0v) is 11.4. The molecule has 0 heterocycles. The molecule has 2 rings (SSSR count). The zero-order valence-electron chi connectivity index (χ0n) is 11.4. The summed E-state index contributed by atoms with van der Waals surface area (Å²) in [5.41, 5.74) is 1.18. The first-order valence-electron chi connectivity index (χ1n) is 6.84. The molecule has 0 bridgehead atoms. The van der Waals surface area contributed by atoms with Crippen LogP contribution in [0, 0.1) is 5.92 Å². The van der Waals surface area contributed by atoms with E-state index in [1.165, 1.54) is 18.4 Å². The summed E-state index contributed by atoms with van der Waals surface area (Å²) in [5, 5.41) is 12.0. The van der Waals surface area contributed by atoms with Gasteiger partial charge in [0.1, 0.15) is 0 Å².